The molecule has 0 aliphatic heterocycles. The number of amides is 2. The largest absolute Gasteiger partial charge is 0.374 e. The van der Waals surface area contributed by atoms with Gasteiger partial charge in [0, 0.05) is 6.20 Å². The summed E-state index contributed by atoms with van der Waals surface area (Å²) in [6, 6.07) is 2.85. The average molecular weight is 321 g/mol. The smallest absolute Gasteiger partial charge is 0.261 e. The summed E-state index contributed by atoms with van der Waals surface area (Å²) >= 11 is 0. The SMILES string of the molecule is C=CC(=O)N(CC=O)c1ncccc1C(=O)N(C(C)O)C(C)O. The Balaban J connectivity index is 3.38. The topological polar surface area (TPSA) is 111 Å². The second kappa shape index (κ2) is 8.16. The van der Waals surface area contributed by atoms with Gasteiger partial charge in [-0.15, -0.1) is 0 Å². The molecule has 0 saturated carbocycles. The predicted molar refractivity (Wildman–Crippen MR) is 82.4 cm³/mol. The highest BCUT2D eigenvalue weighted by Gasteiger charge is 2.29. The van der Waals surface area contributed by atoms with E-state index in [1.807, 2.05) is 0 Å². The first-order valence-corrected chi connectivity index (χ1v) is 6.86. The Kier molecular flexibility index (Phi) is 6.55. The fourth-order valence-corrected chi connectivity index (χ4v) is 2.04. The molecule has 0 radical (unpaired) electrons. The lowest BCUT2D eigenvalue weighted by molar-refractivity contribution is -0.116. The third-order valence-electron chi connectivity index (χ3n) is 3.01. The van der Waals surface area contributed by atoms with E-state index in [1.54, 1.807) is 0 Å². The first-order chi connectivity index (χ1) is 10.8. The minimum Gasteiger partial charge on any atom is -0.374 e. The molecule has 0 aliphatic rings. The Hall–Kier alpha value is -2.58. The van der Waals surface area contributed by atoms with Crippen molar-refractivity contribution in [3.05, 3.63) is 36.5 Å². The molecule has 1 rings (SSSR count). The lowest BCUT2D eigenvalue weighted by Gasteiger charge is -2.29. The van der Waals surface area contributed by atoms with Crippen molar-refractivity contribution in [1.82, 2.24) is 9.88 Å². The van der Waals surface area contributed by atoms with E-state index in [-0.39, 0.29) is 17.9 Å². The number of hydrogen-bond acceptors (Lipinski definition) is 6. The van der Waals surface area contributed by atoms with Crippen molar-refractivity contribution in [2.75, 3.05) is 11.4 Å². The first-order valence-electron chi connectivity index (χ1n) is 6.86. The molecule has 2 atom stereocenters. The fourth-order valence-electron chi connectivity index (χ4n) is 2.04. The van der Waals surface area contributed by atoms with Crippen molar-refractivity contribution < 1.29 is 24.6 Å². The zero-order chi connectivity index (χ0) is 17.6. The summed E-state index contributed by atoms with van der Waals surface area (Å²) in [5.41, 5.74) is -0.0358. The molecule has 2 unspecified atom stereocenters. The van der Waals surface area contributed by atoms with Crippen molar-refractivity contribution in [2.24, 2.45) is 0 Å². The van der Waals surface area contributed by atoms with Crippen LogP contribution in [0.5, 0.6) is 0 Å². The average Bonchev–Trinajstić information content (AvgIpc) is 2.51. The molecule has 0 saturated heterocycles. The maximum Gasteiger partial charge on any atom is 0.261 e. The lowest BCUT2D eigenvalue weighted by Crippen LogP contribution is -2.45. The number of aliphatic hydroxyl groups is 2. The third-order valence-corrected chi connectivity index (χ3v) is 3.01. The number of aromatic nitrogens is 1. The van der Waals surface area contributed by atoms with E-state index in [9.17, 15) is 24.6 Å². The molecule has 1 aromatic rings. The highest BCUT2D eigenvalue weighted by Crippen LogP contribution is 2.21. The summed E-state index contributed by atoms with van der Waals surface area (Å²) in [5.74, 6) is -1.39. The second-order valence-corrected chi connectivity index (χ2v) is 4.67. The number of carbonyl (C=O) groups excluding carboxylic acids is 3. The van der Waals surface area contributed by atoms with Crippen molar-refractivity contribution in [3.63, 3.8) is 0 Å². The number of carbonyl (C=O) groups is 3. The van der Waals surface area contributed by atoms with E-state index in [1.165, 1.54) is 32.2 Å². The van der Waals surface area contributed by atoms with Crippen molar-refractivity contribution in [1.29, 1.82) is 0 Å². The van der Waals surface area contributed by atoms with E-state index in [2.05, 4.69) is 11.6 Å². The van der Waals surface area contributed by atoms with Crippen LogP contribution in [-0.4, -0.2) is 57.2 Å². The number of aliphatic hydroxyl groups excluding tert-OH is 2. The molecular weight excluding hydrogens is 302 g/mol. The minimum atomic E-state index is -1.26. The van der Waals surface area contributed by atoms with E-state index in [0.717, 1.165) is 15.9 Å². The summed E-state index contributed by atoms with van der Waals surface area (Å²) in [7, 11) is 0. The van der Waals surface area contributed by atoms with Gasteiger partial charge in [0.05, 0.1) is 12.1 Å². The second-order valence-electron chi connectivity index (χ2n) is 4.67. The standard InChI is InChI=1S/C15H19N3O5/c1-4-13(22)17(8-9-19)14-12(6-5-7-16-14)15(23)18(10(2)20)11(3)21/h4-7,9-11,20-21H,1,8H2,2-3H3. The predicted octanol–water partition coefficient (Wildman–Crippen LogP) is -0.0817. The molecule has 8 heteroatoms. The Morgan fingerprint density at radius 3 is 2.43 bits per heavy atom. The van der Waals surface area contributed by atoms with Crippen molar-refractivity contribution in [2.45, 2.75) is 26.3 Å². The zero-order valence-electron chi connectivity index (χ0n) is 12.9. The van der Waals surface area contributed by atoms with Gasteiger partial charge in [0.1, 0.15) is 24.6 Å². The third kappa shape index (κ3) is 4.21. The van der Waals surface area contributed by atoms with Gasteiger partial charge in [-0.2, -0.15) is 0 Å². The molecule has 23 heavy (non-hydrogen) atoms. The number of pyridine rings is 1. The van der Waals surface area contributed by atoms with Gasteiger partial charge >= 0.3 is 0 Å². The maximum atomic E-state index is 12.6. The molecule has 1 aromatic heterocycles. The highest BCUT2D eigenvalue weighted by atomic mass is 16.3. The molecule has 0 spiro atoms. The van der Waals surface area contributed by atoms with Gasteiger partial charge in [-0.3, -0.25) is 19.4 Å². The molecular formula is C15H19N3O5. The van der Waals surface area contributed by atoms with Gasteiger partial charge in [-0.05, 0) is 32.1 Å². The monoisotopic (exact) mass is 321 g/mol. The van der Waals surface area contributed by atoms with Crippen LogP contribution in [0.1, 0.15) is 24.2 Å². The van der Waals surface area contributed by atoms with Crippen molar-refractivity contribution >= 4 is 23.9 Å². The lowest BCUT2D eigenvalue weighted by atomic mass is 10.2. The molecule has 2 amide bonds. The van der Waals surface area contributed by atoms with Gasteiger partial charge in [0.2, 0.25) is 0 Å². The minimum absolute atomic E-state index is 0.0358. The van der Waals surface area contributed by atoms with Crippen LogP contribution in [0.3, 0.4) is 0 Å². The Labute approximate surface area is 133 Å². The van der Waals surface area contributed by atoms with Crippen LogP contribution >= 0.6 is 0 Å². The van der Waals surface area contributed by atoms with Gasteiger partial charge in [0.25, 0.3) is 11.8 Å². The molecule has 0 fully saturated rings. The quantitative estimate of drug-likeness (QED) is 0.413. The van der Waals surface area contributed by atoms with E-state index in [4.69, 9.17) is 0 Å². The van der Waals surface area contributed by atoms with Gasteiger partial charge in [-0.1, -0.05) is 6.58 Å². The van der Waals surface area contributed by atoms with E-state index in [0.29, 0.717) is 6.29 Å². The fraction of sp³-hybridized carbons (Fsp3) is 0.333. The van der Waals surface area contributed by atoms with Crippen LogP contribution in [-0.2, 0) is 9.59 Å². The number of rotatable bonds is 7. The summed E-state index contributed by atoms with van der Waals surface area (Å²) in [6.45, 7) is 5.67. The van der Waals surface area contributed by atoms with Gasteiger partial charge < -0.3 is 15.0 Å². The molecule has 0 aliphatic carbocycles. The Bertz CT molecular complexity index is 593. The van der Waals surface area contributed by atoms with Crippen LogP contribution < -0.4 is 4.90 Å². The van der Waals surface area contributed by atoms with Crippen molar-refractivity contribution in [3.8, 4) is 0 Å². The van der Waals surface area contributed by atoms with Crippen LogP contribution in [0.25, 0.3) is 0 Å². The molecule has 1 heterocycles. The summed E-state index contributed by atoms with van der Waals surface area (Å²) in [5, 5.41) is 19.3. The number of nitrogens with zero attached hydrogens (tertiary/aromatic N) is 3. The zero-order valence-corrected chi connectivity index (χ0v) is 12.9. The highest BCUT2D eigenvalue weighted by molar-refractivity contribution is 6.07. The van der Waals surface area contributed by atoms with Crippen LogP contribution in [0.2, 0.25) is 0 Å². The first kappa shape index (κ1) is 18.5. The maximum absolute atomic E-state index is 12.6. The molecule has 124 valence electrons. The van der Waals surface area contributed by atoms with Gasteiger partial charge in [-0.25, -0.2) is 4.98 Å². The Morgan fingerprint density at radius 2 is 1.96 bits per heavy atom. The summed E-state index contributed by atoms with van der Waals surface area (Å²) in [4.78, 5) is 41.1. The number of hydrogen-bond donors (Lipinski definition) is 2. The van der Waals surface area contributed by atoms with E-state index >= 15 is 0 Å². The molecule has 0 bridgehead atoms. The number of aldehydes is 1. The molecule has 2 N–H and O–H groups in total. The van der Waals surface area contributed by atoms with Crippen LogP contribution in [0.15, 0.2) is 31.0 Å². The normalized spacial score (nSPS) is 12.9. The van der Waals surface area contributed by atoms with Gasteiger partial charge in [0.15, 0.2) is 0 Å². The Morgan fingerprint density at radius 1 is 1.35 bits per heavy atom. The number of anilines is 1. The molecule has 0 aromatic carbocycles. The summed E-state index contributed by atoms with van der Waals surface area (Å²) in [6.07, 6.45) is 0.323. The van der Waals surface area contributed by atoms with E-state index < -0.39 is 24.3 Å². The molecule has 8 nitrogen and oxygen atoms in total. The van der Waals surface area contributed by atoms with Crippen LogP contribution in [0.4, 0.5) is 5.82 Å². The van der Waals surface area contributed by atoms with Crippen LogP contribution in [0, 0.1) is 0 Å². The summed E-state index contributed by atoms with van der Waals surface area (Å²) < 4.78 is 0.